The van der Waals surface area contributed by atoms with Crippen LogP contribution in [0.4, 0.5) is 5.69 Å². The summed E-state index contributed by atoms with van der Waals surface area (Å²) in [4.78, 5) is 29.1. The largest absolute Gasteiger partial charge is 0.354 e. The third-order valence-electron chi connectivity index (χ3n) is 6.20. The van der Waals surface area contributed by atoms with Crippen LogP contribution in [-0.2, 0) is 32.6 Å². The molecule has 0 unspecified atom stereocenters. The predicted octanol–water partition coefficient (Wildman–Crippen LogP) is 6.08. The van der Waals surface area contributed by atoms with E-state index in [1.54, 1.807) is 0 Å². The zero-order valence-corrected chi connectivity index (χ0v) is 26.2. The lowest BCUT2D eigenvalue weighted by Crippen LogP contribution is -2.53. The van der Waals surface area contributed by atoms with Gasteiger partial charge in [-0.05, 0) is 47.9 Å². The number of hydrogen-bond donors (Lipinski definition) is 1. The topological polar surface area (TPSA) is 86.8 Å². The van der Waals surface area contributed by atoms with Gasteiger partial charge in [-0.3, -0.25) is 13.9 Å². The Labute approximate surface area is 254 Å². The lowest BCUT2D eigenvalue weighted by molar-refractivity contribution is -0.140. The quantitative estimate of drug-likeness (QED) is 0.224. The van der Waals surface area contributed by atoms with Gasteiger partial charge in [0, 0.05) is 29.0 Å². The molecule has 0 saturated heterocycles. The van der Waals surface area contributed by atoms with Gasteiger partial charge >= 0.3 is 0 Å². The van der Waals surface area contributed by atoms with Crippen LogP contribution in [0.2, 0.25) is 10.0 Å². The summed E-state index contributed by atoms with van der Waals surface area (Å²) in [5.74, 6) is -0.862. The number of anilines is 1. The molecule has 0 aliphatic heterocycles. The number of carbonyl (C=O) groups excluding carboxylic acids is 2. The minimum Gasteiger partial charge on any atom is -0.354 e. The van der Waals surface area contributed by atoms with Gasteiger partial charge in [-0.25, -0.2) is 8.42 Å². The number of benzene rings is 3. The van der Waals surface area contributed by atoms with E-state index in [-0.39, 0.29) is 29.6 Å². The van der Waals surface area contributed by atoms with Crippen molar-refractivity contribution in [2.45, 2.75) is 38.8 Å². The lowest BCUT2D eigenvalue weighted by Gasteiger charge is -2.33. The van der Waals surface area contributed by atoms with E-state index >= 15 is 0 Å². The molecule has 11 heteroatoms. The number of hydrogen-bond acceptors (Lipinski definition) is 4. The average molecular weight is 669 g/mol. The number of rotatable bonds is 13. The maximum absolute atomic E-state index is 14.1. The van der Waals surface area contributed by atoms with Gasteiger partial charge < -0.3 is 10.2 Å². The van der Waals surface area contributed by atoms with Crippen molar-refractivity contribution in [1.82, 2.24) is 10.2 Å². The Morgan fingerprint density at radius 2 is 1.68 bits per heavy atom. The molecular weight excluding hydrogens is 637 g/mol. The van der Waals surface area contributed by atoms with Gasteiger partial charge in [-0.1, -0.05) is 94.9 Å². The number of nitrogens with one attached hydrogen (secondary N) is 1. The van der Waals surface area contributed by atoms with Crippen molar-refractivity contribution in [1.29, 1.82) is 0 Å². The summed E-state index contributed by atoms with van der Waals surface area (Å²) in [5, 5.41) is 3.37. The highest BCUT2D eigenvalue weighted by atomic mass is 79.9. The van der Waals surface area contributed by atoms with Crippen molar-refractivity contribution >= 4 is 66.7 Å². The van der Waals surface area contributed by atoms with E-state index in [1.165, 1.54) is 23.1 Å². The molecule has 3 rings (SSSR count). The zero-order chi connectivity index (χ0) is 29.3. The molecule has 0 aliphatic rings. The van der Waals surface area contributed by atoms with Crippen LogP contribution >= 0.6 is 39.1 Å². The van der Waals surface area contributed by atoms with Crippen molar-refractivity contribution in [3.8, 4) is 0 Å². The average Bonchev–Trinajstić information content (AvgIpc) is 2.89. The molecule has 0 saturated carbocycles. The van der Waals surface area contributed by atoms with Gasteiger partial charge in [0.05, 0.1) is 17.0 Å². The molecule has 0 aromatic heterocycles. The first-order chi connectivity index (χ1) is 19.0. The van der Waals surface area contributed by atoms with Crippen LogP contribution in [0.5, 0.6) is 0 Å². The lowest BCUT2D eigenvalue weighted by atomic mass is 10.0. The Bertz CT molecular complexity index is 1420. The Balaban J connectivity index is 2.05. The number of sulfonamides is 1. The molecule has 0 radical (unpaired) electrons. The normalized spacial score (nSPS) is 12.0. The summed E-state index contributed by atoms with van der Waals surface area (Å²) < 4.78 is 27.5. The van der Waals surface area contributed by atoms with Crippen LogP contribution in [0.15, 0.2) is 77.3 Å². The summed E-state index contributed by atoms with van der Waals surface area (Å²) >= 11 is 15.8. The van der Waals surface area contributed by atoms with E-state index in [1.807, 2.05) is 61.5 Å². The molecule has 3 aromatic rings. The second-order valence-electron chi connectivity index (χ2n) is 9.37. The molecule has 40 heavy (non-hydrogen) atoms. The van der Waals surface area contributed by atoms with Crippen LogP contribution in [0, 0.1) is 0 Å². The highest BCUT2D eigenvalue weighted by Crippen LogP contribution is 2.30. The van der Waals surface area contributed by atoms with E-state index in [0.717, 1.165) is 39.0 Å². The molecule has 1 atom stereocenters. The highest BCUT2D eigenvalue weighted by Gasteiger charge is 2.33. The molecule has 7 nitrogen and oxygen atoms in total. The molecule has 0 bridgehead atoms. The van der Waals surface area contributed by atoms with Crippen molar-refractivity contribution in [2.24, 2.45) is 0 Å². The number of halogens is 3. The van der Waals surface area contributed by atoms with Gasteiger partial charge in [0.15, 0.2) is 0 Å². The van der Waals surface area contributed by atoms with E-state index in [0.29, 0.717) is 11.6 Å². The molecule has 2 amide bonds. The van der Waals surface area contributed by atoms with Crippen molar-refractivity contribution in [3.05, 3.63) is 98.4 Å². The second kappa shape index (κ2) is 14.9. The SMILES string of the molecule is CCCCNC(=O)[C@H](Cc1ccccc1)N(Cc1cccc(Br)c1)C(=O)CN(c1ccc(Cl)cc1Cl)S(C)(=O)=O. The molecule has 1 N–H and O–H groups in total. The van der Waals surface area contributed by atoms with Gasteiger partial charge in [-0.15, -0.1) is 0 Å². The van der Waals surface area contributed by atoms with Gasteiger partial charge in [0.25, 0.3) is 0 Å². The van der Waals surface area contributed by atoms with E-state index in [2.05, 4.69) is 21.2 Å². The highest BCUT2D eigenvalue weighted by molar-refractivity contribution is 9.10. The van der Waals surface area contributed by atoms with Crippen LogP contribution in [0.25, 0.3) is 0 Å². The van der Waals surface area contributed by atoms with Crippen LogP contribution in [0.1, 0.15) is 30.9 Å². The molecule has 214 valence electrons. The van der Waals surface area contributed by atoms with Crippen LogP contribution < -0.4 is 9.62 Å². The number of carbonyl (C=O) groups is 2. The molecule has 0 aliphatic carbocycles. The number of amides is 2. The van der Waals surface area contributed by atoms with Gasteiger partial charge in [0.2, 0.25) is 21.8 Å². The summed E-state index contributed by atoms with van der Waals surface area (Å²) in [7, 11) is -3.93. The minimum absolute atomic E-state index is 0.0856. The fourth-order valence-corrected chi connectivity index (χ4v) is 6.04. The monoisotopic (exact) mass is 667 g/mol. The van der Waals surface area contributed by atoms with E-state index in [4.69, 9.17) is 23.2 Å². The van der Waals surface area contributed by atoms with Crippen molar-refractivity contribution in [2.75, 3.05) is 23.7 Å². The fraction of sp³-hybridized carbons (Fsp3) is 0.310. The summed E-state index contributed by atoms with van der Waals surface area (Å²) in [6, 6.07) is 20.3. The van der Waals surface area contributed by atoms with Crippen molar-refractivity contribution in [3.63, 3.8) is 0 Å². The maximum Gasteiger partial charge on any atom is 0.244 e. The van der Waals surface area contributed by atoms with Crippen LogP contribution in [0.3, 0.4) is 0 Å². The standard InChI is InChI=1S/C29H32BrCl2N3O4S/c1-3-4-15-33-29(37)27(17-21-9-6-5-7-10-21)34(19-22-11-8-12-23(30)16-22)28(36)20-35(40(2,38)39)26-14-13-24(31)18-25(26)32/h5-14,16,18,27H,3-4,15,17,19-20H2,1-2H3,(H,33,37)/t27-/m0/s1. The Morgan fingerprint density at radius 1 is 0.975 bits per heavy atom. The molecule has 0 spiro atoms. The van der Waals surface area contributed by atoms with E-state index < -0.39 is 28.5 Å². The van der Waals surface area contributed by atoms with E-state index in [9.17, 15) is 18.0 Å². The summed E-state index contributed by atoms with van der Waals surface area (Å²) in [5.41, 5.74) is 1.76. The predicted molar refractivity (Wildman–Crippen MR) is 165 cm³/mol. The first kappa shape index (κ1) is 31.9. The maximum atomic E-state index is 14.1. The minimum atomic E-state index is -3.93. The molecular formula is C29H32BrCl2N3O4S. The summed E-state index contributed by atoms with van der Waals surface area (Å²) in [6.45, 7) is 2.03. The van der Waals surface area contributed by atoms with Crippen LogP contribution in [-0.4, -0.2) is 50.5 Å². The number of nitrogens with zero attached hydrogens (tertiary/aromatic N) is 2. The van der Waals surface area contributed by atoms with Gasteiger partial charge in [-0.2, -0.15) is 0 Å². The molecule has 3 aromatic carbocycles. The smallest absolute Gasteiger partial charge is 0.244 e. The third-order valence-corrected chi connectivity index (χ3v) is 8.36. The first-order valence-electron chi connectivity index (χ1n) is 12.8. The molecule has 0 fully saturated rings. The Hall–Kier alpha value is -2.59. The first-order valence-corrected chi connectivity index (χ1v) is 16.2. The Morgan fingerprint density at radius 3 is 2.30 bits per heavy atom. The van der Waals surface area contributed by atoms with Gasteiger partial charge in [0.1, 0.15) is 12.6 Å². The fourth-order valence-electron chi connectivity index (χ4n) is 4.17. The molecule has 0 heterocycles. The second-order valence-corrected chi connectivity index (χ2v) is 13.0. The third kappa shape index (κ3) is 9.23. The number of unbranched alkanes of at least 4 members (excludes halogenated alkanes) is 1. The summed E-state index contributed by atoms with van der Waals surface area (Å²) in [6.07, 6.45) is 2.94. The zero-order valence-electron chi connectivity index (χ0n) is 22.3. The Kier molecular flexibility index (Phi) is 11.9. The van der Waals surface area contributed by atoms with Crippen molar-refractivity contribution < 1.29 is 18.0 Å².